The van der Waals surface area contributed by atoms with Gasteiger partial charge in [0.25, 0.3) is 0 Å². The fraction of sp³-hybridized carbons (Fsp3) is 0.263. The van der Waals surface area contributed by atoms with Crippen molar-refractivity contribution in [3.05, 3.63) is 77.4 Å². The second kappa shape index (κ2) is 7.09. The lowest BCUT2D eigenvalue weighted by Gasteiger charge is -2.07. The predicted octanol–water partition coefficient (Wildman–Crippen LogP) is 4.36. The Balaban J connectivity index is 1.56. The quantitative estimate of drug-likeness (QED) is 0.678. The standard InChI is InChI=1S/C19H20N2O2/c1-14(2)16-8-10-17(11-9-16)22-13-18-20-19(23-21-18)12-15-6-4-3-5-7-15/h3-11,14H,12-13H2,1-2H3. The zero-order chi connectivity index (χ0) is 16.1. The molecule has 0 atom stereocenters. The van der Waals surface area contributed by atoms with Gasteiger partial charge in [-0.1, -0.05) is 61.5 Å². The molecule has 0 unspecified atom stereocenters. The zero-order valence-corrected chi connectivity index (χ0v) is 13.4. The van der Waals surface area contributed by atoms with Crippen molar-refractivity contribution in [1.82, 2.24) is 10.1 Å². The van der Waals surface area contributed by atoms with Crippen molar-refractivity contribution in [2.24, 2.45) is 0 Å². The second-order valence-electron chi connectivity index (χ2n) is 5.78. The van der Waals surface area contributed by atoms with E-state index in [-0.39, 0.29) is 0 Å². The summed E-state index contributed by atoms with van der Waals surface area (Å²) in [7, 11) is 0. The highest BCUT2D eigenvalue weighted by Gasteiger charge is 2.08. The lowest BCUT2D eigenvalue weighted by molar-refractivity contribution is 0.285. The first-order valence-electron chi connectivity index (χ1n) is 7.79. The van der Waals surface area contributed by atoms with Gasteiger partial charge in [0.2, 0.25) is 11.7 Å². The van der Waals surface area contributed by atoms with Crippen LogP contribution in [0.3, 0.4) is 0 Å². The fourth-order valence-electron chi connectivity index (χ4n) is 2.29. The largest absolute Gasteiger partial charge is 0.485 e. The van der Waals surface area contributed by atoms with Crippen molar-refractivity contribution in [2.75, 3.05) is 0 Å². The van der Waals surface area contributed by atoms with Gasteiger partial charge in [0.05, 0.1) is 6.42 Å². The van der Waals surface area contributed by atoms with Crippen LogP contribution in [-0.4, -0.2) is 10.1 Å². The molecule has 1 heterocycles. The van der Waals surface area contributed by atoms with Crippen LogP contribution in [0.4, 0.5) is 0 Å². The third kappa shape index (κ3) is 4.19. The molecule has 118 valence electrons. The maximum Gasteiger partial charge on any atom is 0.231 e. The Morgan fingerprint density at radius 3 is 2.43 bits per heavy atom. The van der Waals surface area contributed by atoms with Crippen molar-refractivity contribution >= 4 is 0 Å². The molecule has 0 amide bonds. The van der Waals surface area contributed by atoms with E-state index in [1.54, 1.807) is 0 Å². The van der Waals surface area contributed by atoms with E-state index in [4.69, 9.17) is 9.26 Å². The van der Waals surface area contributed by atoms with Gasteiger partial charge in [-0.15, -0.1) is 0 Å². The van der Waals surface area contributed by atoms with Crippen molar-refractivity contribution in [1.29, 1.82) is 0 Å². The van der Waals surface area contributed by atoms with Crippen LogP contribution in [0.1, 0.15) is 42.6 Å². The van der Waals surface area contributed by atoms with E-state index < -0.39 is 0 Å². The summed E-state index contributed by atoms with van der Waals surface area (Å²) in [6, 6.07) is 18.2. The molecule has 4 heteroatoms. The smallest absolute Gasteiger partial charge is 0.231 e. The van der Waals surface area contributed by atoms with Gasteiger partial charge >= 0.3 is 0 Å². The van der Waals surface area contributed by atoms with E-state index in [2.05, 4.69) is 36.1 Å². The van der Waals surface area contributed by atoms with Gasteiger partial charge in [-0.05, 0) is 29.2 Å². The third-order valence-corrected chi connectivity index (χ3v) is 3.62. The number of hydrogen-bond acceptors (Lipinski definition) is 4. The van der Waals surface area contributed by atoms with E-state index >= 15 is 0 Å². The van der Waals surface area contributed by atoms with Crippen LogP contribution in [0.15, 0.2) is 59.1 Å². The molecule has 0 aliphatic heterocycles. The topological polar surface area (TPSA) is 48.2 Å². The minimum atomic E-state index is 0.305. The average molecular weight is 308 g/mol. The minimum absolute atomic E-state index is 0.305. The van der Waals surface area contributed by atoms with E-state index in [9.17, 15) is 0 Å². The van der Waals surface area contributed by atoms with Crippen LogP contribution < -0.4 is 4.74 Å². The van der Waals surface area contributed by atoms with Crippen LogP contribution in [-0.2, 0) is 13.0 Å². The molecule has 2 aromatic carbocycles. The lowest BCUT2D eigenvalue weighted by atomic mass is 10.0. The fourth-order valence-corrected chi connectivity index (χ4v) is 2.29. The molecule has 0 aliphatic rings. The number of hydrogen-bond donors (Lipinski definition) is 0. The highest BCUT2D eigenvalue weighted by Crippen LogP contribution is 2.19. The van der Waals surface area contributed by atoms with Gasteiger partial charge in [-0.3, -0.25) is 0 Å². The molecule has 0 fully saturated rings. The molecule has 0 spiro atoms. The molecule has 4 nitrogen and oxygen atoms in total. The normalized spacial score (nSPS) is 10.9. The Bertz CT molecular complexity index is 734. The van der Waals surface area contributed by atoms with E-state index in [1.165, 1.54) is 5.56 Å². The van der Waals surface area contributed by atoms with Crippen molar-refractivity contribution < 1.29 is 9.26 Å². The molecule has 0 N–H and O–H groups in total. The summed E-state index contributed by atoms with van der Waals surface area (Å²) >= 11 is 0. The van der Waals surface area contributed by atoms with Crippen LogP contribution in [0, 0.1) is 0 Å². The first kappa shape index (κ1) is 15.3. The SMILES string of the molecule is CC(C)c1ccc(OCc2noc(Cc3ccccc3)n2)cc1. The molecule has 0 bridgehead atoms. The summed E-state index contributed by atoms with van der Waals surface area (Å²) in [5.74, 6) is 2.49. The predicted molar refractivity (Wildman–Crippen MR) is 88.4 cm³/mol. The summed E-state index contributed by atoms with van der Waals surface area (Å²) in [4.78, 5) is 4.36. The highest BCUT2D eigenvalue weighted by atomic mass is 16.5. The number of rotatable bonds is 6. The van der Waals surface area contributed by atoms with Crippen LogP contribution in [0.5, 0.6) is 5.75 Å². The Morgan fingerprint density at radius 1 is 1.00 bits per heavy atom. The Labute approximate surface area is 136 Å². The van der Waals surface area contributed by atoms with Gasteiger partial charge < -0.3 is 9.26 Å². The molecule has 3 rings (SSSR count). The Morgan fingerprint density at radius 2 is 1.74 bits per heavy atom. The van der Waals surface area contributed by atoms with Gasteiger partial charge in [0.15, 0.2) is 6.61 Å². The summed E-state index contributed by atoms with van der Waals surface area (Å²) in [5.41, 5.74) is 2.44. The minimum Gasteiger partial charge on any atom is -0.485 e. The summed E-state index contributed by atoms with van der Waals surface area (Å²) in [6.45, 7) is 4.65. The molecule has 0 aliphatic carbocycles. The van der Waals surface area contributed by atoms with E-state index in [0.717, 1.165) is 11.3 Å². The van der Waals surface area contributed by atoms with Crippen molar-refractivity contribution in [3.8, 4) is 5.75 Å². The van der Waals surface area contributed by atoms with Crippen LogP contribution in [0.25, 0.3) is 0 Å². The number of ether oxygens (including phenoxy) is 1. The van der Waals surface area contributed by atoms with Crippen molar-refractivity contribution in [2.45, 2.75) is 32.8 Å². The Hall–Kier alpha value is -2.62. The van der Waals surface area contributed by atoms with Crippen LogP contribution in [0.2, 0.25) is 0 Å². The summed E-state index contributed by atoms with van der Waals surface area (Å²) in [5, 5.41) is 3.96. The molecule has 23 heavy (non-hydrogen) atoms. The third-order valence-electron chi connectivity index (χ3n) is 3.62. The molecule has 3 aromatic rings. The Kier molecular flexibility index (Phi) is 4.71. The van der Waals surface area contributed by atoms with Gasteiger partial charge in [0, 0.05) is 0 Å². The van der Waals surface area contributed by atoms with Gasteiger partial charge in [-0.25, -0.2) is 0 Å². The molecular formula is C19H20N2O2. The molecule has 1 aromatic heterocycles. The number of aromatic nitrogens is 2. The molecular weight excluding hydrogens is 288 g/mol. The van der Waals surface area contributed by atoms with E-state index in [1.807, 2.05) is 42.5 Å². The number of benzene rings is 2. The zero-order valence-electron chi connectivity index (χ0n) is 13.4. The lowest BCUT2D eigenvalue weighted by Crippen LogP contribution is -1.98. The van der Waals surface area contributed by atoms with Gasteiger partial charge in [-0.2, -0.15) is 4.98 Å². The summed E-state index contributed by atoms with van der Waals surface area (Å²) < 4.78 is 11.0. The summed E-state index contributed by atoms with van der Waals surface area (Å²) in [6.07, 6.45) is 0.636. The highest BCUT2D eigenvalue weighted by molar-refractivity contribution is 5.28. The monoisotopic (exact) mass is 308 g/mol. The van der Waals surface area contributed by atoms with Crippen LogP contribution >= 0.6 is 0 Å². The second-order valence-corrected chi connectivity index (χ2v) is 5.78. The van der Waals surface area contributed by atoms with Crippen molar-refractivity contribution in [3.63, 3.8) is 0 Å². The maximum atomic E-state index is 5.71. The molecule has 0 radical (unpaired) electrons. The molecule has 0 saturated carbocycles. The maximum absolute atomic E-state index is 5.71. The first-order chi connectivity index (χ1) is 11.2. The number of nitrogens with zero attached hydrogens (tertiary/aromatic N) is 2. The van der Waals surface area contributed by atoms with E-state index in [0.29, 0.717) is 30.7 Å². The molecule has 0 saturated heterocycles. The first-order valence-corrected chi connectivity index (χ1v) is 7.79. The average Bonchev–Trinajstić information content (AvgIpc) is 3.02. The van der Waals surface area contributed by atoms with Gasteiger partial charge in [0.1, 0.15) is 5.75 Å².